The highest BCUT2D eigenvalue weighted by Crippen LogP contribution is 2.32. The molecule has 1 aromatic carbocycles. The fraction of sp³-hybridized carbons (Fsp3) is 0.632. The second kappa shape index (κ2) is 7.95. The maximum absolute atomic E-state index is 12.5. The lowest BCUT2D eigenvalue weighted by atomic mass is 9.91. The van der Waals surface area contributed by atoms with E-state index in [-0.39, 0.29) is 12.1 Å². The molecule has 0 spiro atoms. The molecule has 0 unspecified atom stereocenters. The minimum atomic E-state index is -0.0546. The van der Waals surface area contributed by atoms with Crippen molar-refractivity contribution < 1.29 is 19.0 Å². The Kier molecular flexibility index (Phi) is 5.68. The van der Waals surface area contributed by atoms with Crippen molar-refractivity contribution in [1.29, 1.82) is 0 Å². The maximum Gasteiger partial charge on any atom is 0.321 e. The zero-order chi connectivity index (χ0) is 17.8. The van der Waals surface area contributed by atoms with Gasteiger partial charge in [0.15, 0.2) is 11.5 Å². The largest absolute Gasteiger partial charge is 0.493 e. The van der Waals surface area contributed by atoms with Crippen molar-refractivity contribution in [3.63, 3.8) is 0 Å². The maximum atomic E-state index is 12.5. The van der Waals surface area contributed by atoms with Crippen molar-refractivity contribution in [1.82, 2.24) is 4.90 Å². The first-order valence-electron chi connectivity index (χ1n) is 9.05. The molecule has 2 aliphatic rings. The monoisotopic (exact) mass is 348 g/mol. The van der Waals surface area contributed by atoms with Crippen LogP contribution in [0.1, 0.15) is 26.7 Å². The molecule has 0 aromatic heterocycles. The van der Waals surface area contributed by atoms with Crippen LogP contribution in [0.3, 0.4) is 0 Å². The van der Waals surface area contributed by atoms with E-state index in [1.54, 1.807) is 13.2 Å². The third-order valence-corrected chi connectivity index (χ3v) is 4.92. The van der Waals surface area contributed by atoms with Crippen molar-refractivity contribution in [3.8, 4) is 11.5 Å². The zero-order valence-corrected chi connectivity index (χ0v) is 15.3. The summed E-state index contributed by atoms with van der Waals surface area (Å²) in [5.74, 6) is 2.46. The summed E-state index contributed by atoms with van der Waals surface area (Å²) in [6.07, 6.45) is 2.25. The highest BCUT2D eigenvalue weighted by molar-refractivity contribution is 5.90. The van der Waals surface area contributed by atoms with Crippen LogP contribution in [-0.2, 0) is 4.74 Å². The fourth-order valence-electron chi connectivity index (χ4n) is 3.58. The standard InChI is InChI=1S/C19H28N2O4/c1-13(2)25-17-5-4-16(10-18(17)23-3)20-19(22)21-8-6-14(11-21)15-7-9-24-12-15/h4-5,10,13-15H,6-9,11-12H2,1-3H3,(H,20,22)/t14-,15+/m0/s1. The number of nitrogens with zero attached hydrogens (tertiary/aromatic N) is 1. The normalized spacial score (nSPS) is 23.1. The topological polar surface area (TPSA) is 60.0 Å². The Bertz CT molecular complexity index is 599. The van der Waals surface area contributed by atoms with Gasteiger partial charge in [-0.05, 0) is 50.7 Å². The smallest absolute Gasteiger partial charge is 0.321 e. The molecule has 1 aromatic rings. The van der Waals surface area contributed by atoms with Gasteiger partial charge in [-0.2, -0.15) is 0 Å². The van der Waals surface area contributed by atoms with Gasteiger partial charge in [0.05, 0.1) is 13.2 Å². The van der Waals surface area contributed by atoms with Gasteiger partial charge in [-0.25, -0.2) is 4.79 Å². The highest BCUT2D eigenvalue weighted by Gasteiger charge is 2.33. The van der Waals surface area contributed by atoms with Gasteiger partial charge in [0, 0.05) is 38.1 Å². The van der Waals surface area contributed by atoms with E-state index in [1.165, 1.54) is 0 Å². The minimum Gasteiger partial charge on any atom is -0.493 e. The number of ether oxygens (including phenoxy) is 3. The second-order valence-corrected chi connectivity index (χ2v) is 7.08. The van der Waals surface area contributed by atoms with Gasteiger partial charge in [-0.1, -0.05) is 0 Å². The molecule has 0 aliphatic carbocycles. The molecule has 2 amide bonds. The number of urea groups is 1. The molecule has 2 aliphatic heterocycles. The van der Waals surface area contributed by atoms with Crippen LogP contribution < -0.4 is 14.8 Å². The van der Waals surface area contributed by atoms with Crippen LogP contribution in [0, 0.1) is 11.8 Å². The van der Waals surface area contributed by atoms with Crippen molar-refractivity contribution in [2.45, 2.75) is 32.8 Å². The molecule has 0 bridgehead atoms. The molecule has 25 heavy (non-hydrogen) atoms. The second-order valence-electron chi connectivity index (χ2n) is 7.08. The number of anilines is 1. The third-order valence-electron chi connectivity index (χ3n) is 4.92. The Hall–Kier alpha value is -1.95. The van der Waals surface area contributed by atoms with Crippen molar-refractivity contribution >= 4 is 11.7 Å². The molecular weight excluding hydrogens is 320 g/mol. The fourth-order valence-corrected chi connectivity index (χ4v) is 3.58. The average molecular weight is 348 g/mol. The number of carbonyl (C=O) groups excluding carboxylic acids is 1. The molecule has 3 rings (SSSR count). The van der Waals surface area contributed by atoms with E-state index >= 15 is 0 Å². The van der Waals surface area contributed by atoms with Crippen LogP contribution in [0.25, 0.3) is 0 Å². The van der Waals surface area contributed by atoms with Gasteiger partial charge in [0.2, 0.25) is 0 Å². The van der Waals surface area contributed by atoms with Crippen LogP contribution >= 0.6 is 0 Å². The molecular formula is C19H28N2O4. The number of likely N-dealkylation sites (tertiary alicyclic amines) is 1. The van der Waals surface area contributed by atoms with Crippen LogP contribution in [0.15, 0.2) is 18.2 Å². The number of methoxy groups -OCH3 is 1. The molecule has 2 atom stereocenters. The summed E-state index contributed by atoms with van der Waals surface area (Å²) < 4.78 is 16.6. The Labute approximate surface area is 149 Å². The Balaban J connectivity index is 1.59. The summed E-state index contributed by atoms with van der Waals surface area (Å²) in [5, 5.41) is 2.97. The number of rotatable bonds is 5. The SMILES string of the molecule is COc1cc(NC(=O)N2CC[C@H]([C@@H]3CCOC3)C2)ccc1OC(C)C. The van der Waals surface area contributed by atoms with Gasteiger partial charge in [-0.15, -0.1) is 0 Å². The molecule has 1 N–H and O–H groups in total. The van der Waals surface area contributed by atoms with E-state index in [1.807, 2.05) is 30.9 Å². The van der Waals surface area contributed by atoms with Gasteiger partial charge >= 0.3 is 6.03 Å². The van der Waals surface area contributed by atoms with E-state index in [0.717, 1.165) is 39.1 Å². The van der Waals surface area contributed by atoms with E-state index in [2.05, 4.69) is 5.32 Å². The van der Waals surface area contributed by atoms with E-state index in [4.69, 9.17) is 14.2 Å². The molecule has 2 fully saturated rings. The molecule has 0 saturated carbocycles. The van der Waals surface area contributed by atoms with Crippen LogP contribution in [-0.4, -0.2) is 50.4 Å². The highest BCUT2D eigenvalue weighted by atomic mass is 16.5. The number of amides is 2. The first kappa shape index (κ1) is 17.9. The summed E-state index contributed by atoms with van der Waals surface area (Å²) in [5.41, 5.74) is 0.714. The average Bonchev–Trinajstić information content (AvgIpc) is 3.26. The summed E-state index contributed by atoms with van der Waals surface area (Å²) >= 11 is 0. The minimum absolute atomic E-state index is 0.0546. The van der Waals surface area contributed by atoms with E-state index in [0.29, 0.717) is 29.0 Å². The first-order valence-corrected chi connectivity index (χ1v) is 9.05. The number of hydrogen-bond acceptors (Lipinski definition) is 4. The third kappa shape index (κ3) is 4.37. The number of benzene rings is 1. The van der Waals surface area contributed by atoms with Crippen molar-refractivity contribution in [2.24, 2.45) is 11.8 Å². The summed E-state index contributed by atoms with van der Waals surface area (Å²) in [7, 11) is 1.60. The molecule has 0 radical (unpaired) electrons. The van der Waals surface area contributed by atoms with E-state index < -0.39 is 0 Å². The first-order chi connectivity index (χ1) is 12.1. The molecule has 6 heteroatoms. The quantitative estimate of drug-likeness (QED) is 0.886. The van der Waals surface area contributed by atoms with Crippen molar-refractivity contribution in [3.05, 3.63) is 18.2 Å². The Morgan fingerprint density at radius 3 is 2.80 bits per heavy atom. The van der Waals surface area contributed by atoms with Gasteiger partial charge in [0.25, 0.3) is 0 Å². The summed E-state index contributed by atoms with van der Waals surface area (Å²) in [6, 6.07) is 5.42. The Morgan fingerprint density at radius 1 is 1.28 bits per heavy atom. The predicted octanol–water partition coefficient (Wildman–Crippen LogP) is 3.37. The van der Waals surface area contributed by atoms with Gasteiger partial charge in [-0.3, -0.25) is 0 Å². The number of hydrogen-bond donors (Lipinski definition) is 1. The van der Waals surface area contributed by atoms with Crippen LogP contribution in [0.5, 0.6) is 11.5 Å². The van der Waals surface area contributed by atoms with Gasteiger partial charge < -0.3 is 24.4 Å². The molecule has 6 nitrogen and oxygen atoms in total. The Morgan fingerprint density at radius 2 is 2.12 bits per heavy atom. The van der Waals surface area contributed by atoms with E-state index in [9.17, 15) is 4.79 Å². The lowest BCUT2D eigenvalue weighted by Crippen LogP contribution is -2.33. The lowest BCUT2D eigenvalue weighted by molar-refractivity contribution is 0.171. The van der Waals surface area contributed by atoms with Crippen LogP contribution in [0.4, 0.5) is 10.5 Å². The lowest BCUT2D eigenvalue weighted by Gasteiger charge is -2.20. The van der Waals surface area contributed by atoms with Crippen molar-refractivity contribution in [2.75, 3.05) is 38.7 Å². The molecule has 138 valence electrons. The summed E-state index contributed by atoms with van der Waals surface area (Å²) in [4.78, 5) is 14.4. The number of nitrogens with one attached hydrogen (secondary N) is 1. The molecule has 2 heterocycles. The zero-order valence-electron chi connectivity index (χ0n) is 15.3. The van der Waals surface area contributed by atoms with Gasteiger partial charge in [0.1, 0.15) is 0 Å². The van der Waals surface area contributed by atoms with Crippen LogP contribution in [0.2, 0.25) is 0 Å². The summed E-state index contributed by atoms with van der Waals surface area (Å²) in [6.45, 7) is 7.25. The predicted molar refractivity (Wildman–Crippen MR) is 96.4 cm³/mol. The number of carbonyl (C=O) groups is 1. The molecule has 2 saturated heterocycles.